The zero-order valence-electron chi connectivity index (χ0n) is 16.8. The minimum absolute atomic E-state index is 0.153. The lowest BCUT2D eigenvalue weighted by Gasteiger charge is -2.42. The van der Waals surface area contributed by atoms with E-state index in [0.717, 1.165) is 19.3 Å². The van der Waals surface area contributed by atoms with Crippen LogP contribution in [0.2, 0.25) is 10.0 Å². The van der Waals surface area contributed by atoms with Gasteiger partial charge in [-0.2, -0.15) is 5.10 Å². The highest BCUT2D eigenvalue weighted by Crippen LogP contribution is 2.41. The summed E-state index contributed by atoms with van der Waals surface area (Å²) in [6, 6.07) is 4.94. The molecule has 1 aromatic rings. The topological polar surface area (TPSA) is 109 Å². The Bertz CT molecular complexity index is 882. The minimum Gasteiger partial charge on any atom is -0.435 e. The van der Waals surface area contributed by atoms with Crippen molar-refractivity contribution in [3.63, 3.8) is 0 Å². The van der Waals surface area contributed by atoms with Crippen LogP contribution in [0.3, 0.4) is 0 Å². The van der Waals surface area contributed by atoms with Gasteiger partial charge in [0.15, 0.2) is 5.60 Å². The van der Waals surface area contributed by atoms with E-state index in [2.05, 4.69) is 21.2 Å². The Morgan fingerprint density at radius 3 is 2.67 bits per heavy atom. The fraction of sp³-hybridized carbons (Fsp3) is 0.500. The average molecular weight is 455 g/mol. The van der Waals surface area contributed by atoms with Crippen LogP contribution < -0.4 is 16.1 Å². The van der Waals surface area contributed by atoms with Crippen molar-refractivity contribution in [3.05, 3.63) is 33.8 Å². The summed E-state index contributed by atoms with van der Waals surface area (Å²) in [7, 11) is 1.42. The average Bonchev–Trinajstić information content (AvgIpc) is 2.71. The third-order valence-corrected chi connectivity index (χ3v) is 6.14. The standard InChI is InChI=1S/C20H24Cl2N4O4/c1-11(24-18(28)17(27)23-2)9-12-5-7-20(8-6-12)16(25-26-19(29)30-20)14-10-13(21)3-4-15(14)22/h3-4,10-12H,5-9H2,1-2H3,(H,23,27)(H,24,28)(H,26,29)/t11-,12?,20?/m0/s1. The maximum Gasteiger partial charge on any atom is 0.428 e. The van der Waals surface area contributed by atoms with E-state index in [9.17, 15) is 14.4 Å². The molecule has 3 N–H and O–H groups in total. The molecule has 0 unspecified atom stereocenters. The van der Waals surface area contributed by atoms with E-state index in [4.69, 9.17) is 27.9 Å². The molecule has 1 fully saturated rings. The van der Waals surface area contributed by atoms with Gasteiger partial charge in [-0.05, 0) is 63.1 Å². The highest BCUT2D eigenvalue weighted by molar-refractivity contribution is 6.37. The normalized spacial score (nSPS) is 24.3. The number of nitrogens with zero attached hydrogens (tertiary/aromatic N) is 1. The van der Waals surface area contributed by atoms with Gasteiger partial charge < -0.3 is 15.4 Å². The third kappa shape index (κ3) is 4.87. The van der Waals surface area contributed by atoms with Crippen molar-refractivity contribution in [1.82, 2.24) is 16.1 Å². The highest BCUT2D eigenvalue weighted by Gasteiger charge is 2.47. The Morgan fingerprint density at radius 1 is 1.30 bits per heavy atom. The summed E-state index contributed by atoms with van der Waals surface area (Å²) >= 11 is 12.5. The SMILES string of the molecule is CNC(=O)C(=O)N[C@@H](C)CC1CCC2(CC1)OC(=O)NN=C2c1cc(Cl)ccc1Cl. The zero-order chi connectivity index (χ0) is 21.9. The molecule has 0 saturated heterocycles. The van der Waals surface area contributed by atoms with E-state index >= 15 is 0 Å². The summed E-state index contributed by atoms with van der Waals surface area (Å²) in [6.45, 7) is 1.87. The molecule has 1 saturated carbocycles. The summed E-state index contributed by atoms with van der Waals surface area (Å²) in [6.07, 6.45) is 2.80. The first-order valence-electron chi connectivity index (χ1n) is 9.79. The van der Waals surface area contributed by atoms with Crippen LogP contribution in [0.15, 0.2) is 23.3 Å². The van der Waals surface area contributed by atoms with Crippen LogP contribution in [-0.2, 0) is 14.3 Å². The Kier molecular flexibility index (Phi) is 6.88. The van der Waals surface area contributed by atoms with E-state index in [1.807, 2.05) is 6.92 Å². The summed E-state index contributed by atoms with van der Waals surface area (Å²) in [4.78, 5) is 35.1. The van der Waals surface area contributed by atoms with Gasteiger partial charge in [0, 0.05) is 28.7 Å². The molecule has 0 radical (unpaired) electrons. The van der Waals surface area contributed by atoms with Crippen LogP contribution in [0.25, 0.3) is 0 Å². The second-order valence-corrected chi connectivity index (χ2v) is 8.56. The first-order valence-corrected chi connectivity index (χ1v) is 10.5. The molecule has 1 atom stereocenters. The predicted molar refractivity (Wildman–Crippen MR) is 114 cm³/mol. The van der Waals surface area contributed by atoms with Gasteiger partial charge in [0.2, 0.25) is 0 Å². The van der Waals surface area contributed by atoms with E-state index < -0.39 is 23.5 Å². The number of carbonyl (C=O) groups is 3. The molecule has 1 aliphatic heterocycles. The van der Waals surface area contributed by atoms with Gasteiger partial charge in [-0.3, -0.25) is 9.59 Å². The molecular weight excluding hydrogens is 431 g/mol. The molecule has 10 heteroatoms. The van der Waals surface area contributed by atoms with Gasteiger partial charge in [0.1, 0.15) is 5.71 Å². The van der Waals surface area contributed by atoms with Crippen molar-refractivity contribution >= 4 is 46.8 Å². The van der Waals surface area contributed by atoms with Crippen molar-refractivity contribution in [1.29, 1.82) is 0 Å². The zero-order valence-corrected chi connectivity index (χ0v) is 18.3. The predicted octanol–water partition coefficient (Wildman–Crippen LogP) is 3.01. The number of nitrogens with one attached hydrogen (secondary N) is 3. The maximum atomic E-state index is 12.0. The molecule has 1 spiro atoms. The molecule has 3 amide bonds. The smallest absolute Gasteiger partial charge is 0.428 e. The summed E-state index contributed by atoms with van der Waals surface area (Å²) < 4.78 is 5.74. The molecule has 0 aromatic heterocycles. The second kappa shape index (κ2) is 9.22. The molecule has 2 aliphatic rings. The molecule has 30 heavy (non-hydrogen) atoms. The van der Waals surface area contributed by atoms with E-state index in [1.165, 1.54) is 7.05 Å². The Labute approximate surface area is 184 Å². The Morgan fingerprint density at radius 2 is 2.00 bits per heavy atom. The van der Waals surface area contributed by atoms with Gasteiger partial charge in [0.25, 0.3) is 0 Å². The Hall–Kier alpha value is -2.32. The van der Waals surface area contributed by atoms with Crippen LogP contribution in [-0.4, -0.2) is 42.3 Å². The summed E-state index contributed by atoms with van der Waals surface area (Å²) in [5, 5.41) is 10.3. The number of rotatable bonds is 4. The maximum absolute atomic E-state index is 12.0. The van der Waals surface area contributed by atoms with Crippen molar-refractivity contribution in [3.8, 4) is 0 Å². The van der Waals surface area contributed by atoms with Gasteiger partial charge in [0.05, 0.1) is 0 Å². The van der Waals surface area contributed by atoms with Gasteiger partial charge in [-0.25, -0.2) is 10.2 Å². The number of ether oxygens (including phenoxy) is 1. The quantitative estimate of drug-likeness (QED) is 0.607. The summed E-state index contributed by atoms with van der Waals surface area (Å²) in [5.41, 5.74) is 2.69. The molecule has 162 valence electrons. The van der Waals surface area contributed by atoms with Crippen LogP contribution in [0.1, 0.15) is 44.6 Å². The number of likely N-dealkylation sites (N-methyl/N-ethyl adjacent to an activating group) is 1. The fourth-order valence-electron chi connectivity index (χ4n) is 4.12. The monoisotopic (exact) mass is 454 g/mol. The minimum atomic E-state index is -0.873. The Balaban J connectivity index is 1.70. The number of benzene rings is 1. The van der Waals surface area contributed by atoms with Crippen molar-refractivity contribution in [2.45, 2.75) is 50.7 Å². The highest BCUT2D eigenvalue weighted by atomic mass is 35.5. The molecule has 0 bridgehead atoms. The van der Waals surface area contributed by atoms with Crippen molar-refractivity contribution in [2.75, 3.05) is 7.05 Å². The number of halogens is 2. The van der Waals surface area contributed by atoms with Gasteiger partial charge in [-0.1, -0.05) is 23.2 Å². The number of carbonyl (C=O) groups excluding carboxylic acids is 3. The molecule has 8 nitrogen and oxygen atoms in total. The first kappa shape index (κ1) is 22.4. The molecule has 3 rings (SSSR count). The number of hydrogen-bond donors (Lipinski definition) is 3. The van der Waals surface area contributed by atoms with E-state index in [-0.39, 0.29) is 6.04 Å². The largest absolute Gasteiger partial charge is 0.435 e. The molecule has 1 heterocycles. The lowest BCUT2D eigenvalue weighted by molar-refractivity contribution is -0.139. The third-order valence-electron chi connectivity index (χ3n) is 5.57. The van der Waals surface area contributed by atoms with E-state index in [0.29, 0.717) is 40.1 Å². The molecule has 1 aromatic carbocycles. The fourth-order valence-corrected chi connectivity index (χ4v) is 4.50. The lowest BCUT2D eigenvalue weighted by Crippen LogP contribution is -2.52. The van der Waals surface area contributed by atoms with Crippen molar-refractivity contribution < 1.29 is 19.1 Å². The van der Waals surface area contributed by atoms with Crippen LogP contribution in [0.5, 0.6) is 0 Å². The number of amides is 3. The van der Waals surface area contributed by atoms with E-state index in [1.54, 1.807) is 18.2 Å². The number of hydrazone groups is 1. The first-order chi connectivity index (χ1) is 14.2. The summed E-state index contributed by atoms with van der Waals surface area (Å²) in [5.74, 6) is -1.000. The molecule has 1 aliphatic carbocycles. The molecular formula is C20H24Cl2N4O4. The van der Waals surface area contributed by atoms with Gasteiger partial charge in [-0.15, -0.1) is 0 Å². The van der Waals surface area contributed by atoms with Gasteiger partial charge >= 0.3 is 17.9 Å². The second-order valence-electron chi connectivity index (χ2n) is 7.71. The number of hydrogen-bond acceptors (Lipinski definition) is 5. The lowest BCUT2D eigenvalue weighted by atomic mass is 9.73. The van der Waals surface area contributed by atoms with Crippen LogP contribution >= 0.6 is 23.2 Å². The van der Waals surface area contributed by atoms with Crippen LogP contribution in [0.4, 0.5) is 4.79 Å². The van der Waals surface area contributed by atoms with Crippen LogP contribution in [0, 0.1) is 5.92 Å². The van der Waals surface area contributed by atoms with Crippen molar-refractivity contribution in [2.24, 2.45) is 11.0 Å².